The first kappa shape index (κ1) is 13.6. The van der Waals surface area contributed by atoms with Crippen LogP contribution in [0.2, 0.25) is 0 Å². The maximum Gasteiger partial charge on any atom is 0.328 e. The molecule has 2 rings (SSSR count). The van der Waals surface area contributed by atoms with E-state index in [9.17, 15) is 9.59 Å². The number of aliphatic carboxylic acids is 1. The van der Waals surface area contributed by atoms with Crippen molar-refractivity contribution in [3.8, 4) is 0 Å². The van der Waals surface area contributed by atoms with Crippen LogP contribution >= 0.6 is 0 Å². The second kappa shape index (κ2) is 6.38. The number of H-pyrrole nitrogens is 1. The van der Waals surface area contributed by atoms with Gasteiger partial charge in [-0.25, -0.2) is 4.79 Å². The number of aromatic amines is 1. The topological polar surface area (TPSA) is 82.2 Å². The van der Waals surface area contributed by atoms with Gasteiger partial charge >= 0.3 is 5.97 Å². The molecule has 1 heterocycles. The van der Waals surface area contributed by atoms with E-state index in [0.29, 0.717) is 12.2 Å². The zero-order chi connectivity index (χ0) is 14.4. The highest BCUT2D eigenvalue weighted by Crippen LogP contribution is 2.07. The van der Waals surface area contributed by atoms with Crippen molar-refractivity contribution < 1.29 is 14.7 Å². The van der Waals surface area contributed by atoms with Crippen LogP contribution in [0.5, 0.6) is 0 Å². The number of carbonyl (C=O) groups excluding carboxylic acids is 1. The fraction of sp³-hybridized carbons (Fsp3) is 0.0667. The molecule has 1 aromatic carbocycles. The Hall–Kier alpha value is -2.82. The average molecular weight is 270 g/mol. The van der Waals surface area contributed by atoms with Gasteiger partial charge in [-0.05, 0) is 35.4 Å². The normalized spacial score (nSPS) is 10.6. The van der Waals surface area contributed by atoms with Gasteiger partial charge in [0.25, 0.3) is 5.91 Å². The van der Waals surface area contributed by atoms with Crippen molar-refractivity contribution >= 4 is 18.0 Å². The van der Waals surface area contributed by atoms with Gasteiger partial charge in [-0.15, -0.1) is 0 Å². The molecule has 5 heteroatoms. The van der Waals surface area contributed by atoms with Crippen molar-refractivity contribution in [3.05, 3.63) is 65.5 Å². The predicted octanol–water partition coefficient (Wildman–Crippen LogP) is 2.04. The number of rotatable bonds is 5. The number of carbonyl (C=O) groups is 2. The lowest BCUT2D eigenvalue weighted by molar-refractivity contribution is -0.131. The first-order valence-electron chi connectivity index (χ1n) is 6.07. The van der Waals surface area contributed by atoms with Crippen molar-refractivity contribution in [1.29, 1.82) is 0 Å². The van der Waals surface area contributed by atoms with Gasteiger partial charge in [0.15, 0.2) is 0 Å². The molecular weight excluding hydrogens is 256 g/mol. The molecule has 2 aromatic rings. The van der Waals surface area contributed by atoms with Crippen LogP contribution in [-0.2, 0) is 11.3 Å². The van der Waals surface area contributed by atoms with E-state index in [0.717, 1.165) is 17.2 Å². The Balaban J connectivity index is 1.98. The second-order valence-corrected chi connectivity index (χ2v) is 4.18. The molecule has 1 amide bonds. The molecule has 102 valence electrons. The molecule has 0 aliphatic carbocycles. The molecule has 0 atom stereocenters. The molecule has 0 bridgehead atoms. The Kier molecular flexibility index (Phi) is 4.34. The summed E-state index contributed by atoms with van der Waals surface area (Å²) in [5, 5.41) is 11.4. The molecule has 20 heavy (non-hydrogen) atoms. The summed E-state index contributed by atoms with van der Waals surface area (Å²) < 4.78 is 0. The molecule has 0 aliphatic rings. The number of hydrogen-bond donors (Lipinski definition) is 3. The highest BCUT2D eigenvalue weighted by Gasteiger charge is 2.05. The molecule has 0 fully saturated rings. The average Bonchev–Trinajstić information content (AvgIpc) is 2.97. The Morgan fingerprint density at radius 3 is 2.80 bits per heavy atom. The van der Waals surface area contributed by atoms with Crippen molar-refractivity contribution in [2.75, 3.05) is 0 Å². The number of benzene rings is 1. The van der Waals surface area contributed by atoms with E-state index in [4.69, 9.17) is 5.11 Å². The molecule has 1 aromatic heterocycles. The molecule has 0 saturated carbocycles. The molecule has 3 N–H and O–H groups in total. The Labute approximate surface area is 115 Å². The minimum absolute atomic E-state index is 0.179. The zero-order valence-corrected chi connectivity index (χ0v) is 10.7. The Bertz CT molecular complexity index is 630. The van der Waals surface area contributed by atoms with Crippen LogP contribution in [0, 0.1) is 0 Å². The molecule has 0 unspecified atom stereocenters. The summed E-state index contributed by atoms with van der Waals surface area (Å²) in [6.07, 6.45) is 4.28. The van der Waals surface area contributed by atoms with Gasteiger partial charge in [0.2, 0.25) is 0 Å². The third-order valence-corrected chi connectivity index (χ3v) is 2.67. The van der Waals surface area contributed by atoms with E-state index in [-0.39, 0.29) is 5.91 Å². The van der Waals surface area contributed by atoms with Gasteiger partial charge in [-0.1, -0.05) is 18.2 Å². The summed E-state index contributed by atoms with van der Waals surface area (Å²) in [6.45, 7) is 0.382. The fourth-order valence-corrected chi connectivity index (χ4v) is 1.72. The molecule has 0 spiro atoms. The zero-order valence-electron chi connectivity index (χ0n) is 10.7. The summed E-state index contributed by atoms with van der Waals surface area (Å²) >= 11 is 0. The Morgan fingerprint density at radius 2 is 2.10 bits per heavy atom. The summed E-state index contributed by atoms with van der Waals surface area (Å²) in [5.74, 6) is -1.17. The van der Waals surface area contributed by atoms with E-state index >= 15 is 0 Å². The van der Waals surface area contributed by atoms with Crippen LogP contribution < -0.4 is 5.32 Å². The highest BCUT2D eigenvalue weighted by atomic mass is 16.4. The van der Waals surface area contributed by atoms with Crippen LogP contribution in [-0.4, -0.2) is 22.0 Å². The number of aromatic nitrogens is 1. The maximum absolute atomic E-state index is 11.7. The van der Waals surface area contributed by atoms with Gasteiger partial charge in [-0.2, -0.15) is 0 Å². The first-order chi connectivity index (χ1) is 9.65. The smallest absolute Gasteiger partial charge is 0.328 e. The lowest BCUT2D eigenvalue weighted by Gasteiger charge is -2.05. The molecule has 0 radical (unpaired) electrons. The summed E-state index contributed by atoms with van der Waals surface area (Å²) in [6, 6.07) is 10.8. The van der Waals surface area contributed by atoms with E-state index < -0.39 is 5.97 Å². The van der Waals surface area contributed by atoms with E-state index in [2.05, 4.69) is 10.3 Å². The molecular formula is C15H14N2O3. The van der Waals surface area contributed by atoms with E-state index in [1.54, 1.807) is 24.4 Å². The molecule has 0 aliphatic heterocycles. The molecule has 0 saturated heterocycles. The summed E-state index contributed by atoms with van der Waals surface area (Å²) in [7, 11) is 0. The largest absolute Gasteiger partial charge is 0.478 e. The van der Waals surface area contributed by atoms with Gasteiger partial charge in [0.1, 0.15) is 5.69 Å². The van der Waals surface area contributed by atoms with Crippen molar-refractivity contribution in [1.82, 2.24) is 10.3 Å². The first-order valence-corrected chi connectivity index (χ1v) is 6.07. The van der Waals surface area contributed by atoms with Crippen LogP contribution in [0.15, 0.2) is 48.7 Å². The van der Waals surface area contributed by atoms with Crippen LogP contribution in [0.25, 0.3) is 6.08 Å². The van der Waals surface area contributed by atoms with Gasteiger partial charge < -0.3 is 15.4 Å². The highest BCUT2D eigenvalue weighted by molar-refractivity contribution is 5.92. The molecule has 5 nitrogen and oxygen atoms in total. The fourth-order valence-electron chi connectivity index (χ4n) is 1.72. The predicted molar refractivity (Wildman–Crippen MR) is 75.1 cm³/mol. The second-order valence-electron chi connectivity index (χ2n) is 4.18. The summed E-state index contributed by atoms with van der Waals surface area (Å²) in [5.41, 5.74) is 2.18. The van der Waals surface area contributed by atoms with E-state index in [1.165, 1.54) is 6.08 Å². The number of hydrogen-bond acceptors (Lipinski definition) is 2. The number of nitrogens with one attached hydrogen (secondary N) is 2. The maximum atomic E-state index is 11.7. The van der Waals surface area contributed by atoms with Crippen LogP contribution in [0.4, 0.5) is 0 Å². The van der Waals surface area contributed by atoms with Gasteiger partial charge in [-0.3, -0.25) is 4.79 Å². The number of carboxylic acid groups (broad SMARTS) is 1. The van der Waals surface area contributed by atoms with Gasteiger partial charge in [0, 0.05) is 18.8 Å². The van der Waals surface area contributed by atoms with Crippen molar-refractivity contribution in [2.24, 2.45) is 0 Å². The quantitative estimate of drug-likeness (QED) is 0.727. The lowest BCUT2D eigenvalue weighted by atomic mass is 10.1. The Morgan fingerprint density at radius 1 is 1.25 bits per heavy atom. The summed E-state index contributed by atoms with van der Waals surface area (Å²) in [4.78, 5) is 25.0. The SMILES string of the molecule is O=C(O)C=Cc1cccc(CNC(=O)c2ccc[nH]2)c1. The number of amides is 1. The third-order valence-electron chi connectivity index (χ3n) is 2.67. The van der Waals surface area contributed by atoms with Crippen LogP contribution in [0.1, 0.15) is 21.6 Å². The third kappa shape index (κ3) is 3.84. The minimum Gasteiger partial charge on any atom is -0.478 e. The van der Waals surface area contributed by atoms with Gasteiger partial charge in [0.05, 0.1) is 0 Å². The number of carboxylic acids is 1. The van der Waals surface area contributed by atoms with Crippen LogP contribution in [0.3, 0.4) is 0 Å². The monoisotopic (exact) mass is 270 g/mol. The standard InChI is InChI=1S/C15H14N2O3/c18-14(19)7-6-11-3-1-4-12(9-11)10-17-15(20)13-5-2-8-16-13/h1-9,16H,10H2,(H,17,20)(H,18,19). The van der Waals surface area contributed by atoms with Crippen molar-refractivity contribution in [2.45, 2.75) is 6.54 Å². The van der Waals surface area contributed by atoms with Crippen molar-refractivity contribution in [3.63, 3.8) is 0 Å². The lowest BCUT2D eigenvalue weighted by Crippen LogP contribution is -2.23. The minimum atomic E-state index is -0.990. The van der Waals surface area contributed by atoms with E-state index in [1.807, 2.05) is 18.2 Å².